The van der Waals surface area contributed by atoms with Crippen molar-refractivity contribution >= 4 is 11.9 Å². The van der Waals surface area contributed by atoms with Crippen LogP contribution in [0, 0.1) is 0 Å². The monoisotopic (exact) mass is 226 g/mol. The van der Waals surface area contributed by atoms with E-state index in [9.17, 15) is 14.7 Å². The predicted octanol–water partition coefficient (Wildman–Crippen LogP) is -3.64. The third-order valence-electron chi connectivity index (χ3n) is 1.01. The fraction of sp³-hybridized carbons (Fsp3) is 0.500. The van der Waals surface area contributed by atoms with Gasteiger partial charge in [-0.15, -0.1) is 0 Å². The van der Waals surface area contributed by atoms with Crippen LogP contribution in [0.15, 0.2) is 11.8 Å². The molecule has 0 fully saturated rings. The Hall–Kier alpha value is 0.116. The SMILES string of the molecule is CCOC(=O)/C=C(\[O-])C(=O)OCC.[K+]. The van der Waals surface area contributed by atoms with Crippen LogP contribution >= 0.6 is 0 Å². The number of rotatable bonds is 4. The molecule has 5 nitrogen and oxygen atoms in total. The van der Waals surface area contributed by atoms with E-state index < -0.39 is 17.7 Å². The molecule has 0 aromatic carbocycles. The number of hydrogen-bond donors (Lipinski definition) is 0. The number of esters is 2. The van der Waals surface area contributed by atoms with Crippen molar-refractivity contribution in [3.63, 3.8) is 0 Å². The van der Waals surface area contributed by atoms with E-state index in [-0.39, 0.29) is 64.6 Å². The summed E-state index contributed by atoms with van der Waals surface area (Å²) in [5, 5.41) is 10.8. The Labute approximate surface area is 125 Å². The molecular weight excluding hydrogens is 215 g/mol. The van der Waals surface area contributed by atoms with Crippen molar-refractivity contribution in [2.45, 2.75) is 13.8 Å². The van der Waals surface area contributed by atoms with Crippen molar-refractivity contribution in [1.29, 1.82) is 0 Å². The molecule has 0 unspecified atom stereocenters. The first-order chi connectivity index (χ1) is 6.11. The predicted molar refractivity (Wildman–Crippen MR) is 41.3 cm³/mol. The minimum Gasteiger partial charge on any atom is -0.867 e. The molecule has 74 valence electrons. The fourth-order valence-corrected chi connectivity index (χ4v) is 0.552. The molecular formula is C8H11KO5. The Kier molecular flexibility index (Phi) is 11.4. The topological polar surface area (TPSA) is 75.7 Å². The molecule has 14 heavy (non-hydrogen) atoms. The zero-order valence-electron chi connectivity index (χ0n) is 8.53. The zero-order chi connectivity index (χ0) is 10.3. The second-order valence-electron chi connectivity index (χ2n) is 1.98. The molecule has 0 atom stereocenters. The van der Waals surface area contributed by atoms with Crippen molar-refractivity contribution in [2.24, 2.45) is 0 Å². The molecule has 6 heteroatoms. The van der Waals surface area contributed by atoms with Gasteiger partial charge in [0.05, 0.1) is 13.2 Å². The number of carbonyl (C=O) groups excluding carboxylic acids is 2. The summed E-state index contributed by atoms with van der Waals surface area (Å²) in [6.45, 7) is 3.42. The van der Waals surface area contributed by atoms with Gasteiger partial charge < -0.3 is 14.6 Å². The van der Waals surface area contributed by atoms with Gasteiger partial charge in [-0.25, -0.2) is 9.59 Å². The fourth-order valence-electron chi connectivity index (χ4n) is 0.552. The van der Waals surface area contributed by atoms with Gasteiger partial charge >= 0.3 is 63.3 Å². The number of carbonyl (C=O) groups is 2. The molecule has 0 aliphatic carbocycles. The van der Waals surface area contributed by atoms with E-state index in [1.54, 1.807) is 13.8 Å². The van der Waals surface area contributed by atoms with Gasteiger partial charge in [-0.05, 0) is 19.6 Å². The van der Waals surface area contributed by atoms with Gasteiger partial charge in [0.1, 0.15) is 0 Å². The molecule has 0 saturated heterocycles. The largest absolute Gasteiger partial charge is 1.00 e. The summed E-state index contributed by atoms with van der Waals surface area (Å²) < 4.78 is 8.77. The van der Waals surface area contributed by atoms with Gasteiger partial charge in [-0.3, -0.25) is 0 Å². The molecule has 0 aliphatic heterocycles. The average molecular weight is 226 g/mol. The maximum absolute atomic E-state index is 10.8. The van der Waals surface area contributed by atoms with Crippen molar-refractivity contribution in [1.82, 2.24) is 0 Å². The van der Waals surface area contributed by atoms with Crippen LogP contribution in [0.4, 0.5) is 0 Å². The maximum atomic E-state index is 10.8. The molecule has 0 amide bonds. The Balaban J connectivity index is 0. The minimum atomic E-state index is -1.05. The van der Waals surface area contributed by atoms with Crippen molar-refractivity contribution in [2.75, 3.05) is 13.2 Å². The molecule has 0 bridgehead atoms. The summed E-state index contributed by atoms with van der Waals surface area (Å²) in [5.41, 5.74) is 0. The molecule has 0 aromatic heterocycles. The van der Waals surface area contributed by atoms with Gasteiger partial charge in [-0.2, -0.15) is 0 Å². The molecule has 0 heterocycles. The van der Waals surface area contributed by atoms with Crippen molar-refractivity contribution in [3.05, 3.63) is 11.8 Å². The summed E-state index contributed by atoms with van der Waals surface area (Å²) in [4.78, 5) is 21.3. The van der Waals surface area contributed by atoms with Crippen LogP contribution in [0.5, 0.6) is 0 Å². The average Bonchev–Trinajstić information content (AvgIpc) is 2.05. The Bertz CT molecular complexity index is 224. The smallest absolute Gasteiger partial charge is 0.867 e. The molecule has 0 aromatic rings. The third-order valence-corrected chi connectivity index (χ3v) is 1.01. The molecule has 0 aliphatic rings. The van der Waals surface area contributed by atoms with Crippen molar-refractivity contribution < 1.29 is 75.6 Å². The Morgan fingerprint density at radius 3 is 2.14 bits per heavy atom. The van der Waals surface area contributed by atoms with E-state index in [0.717, 1.165) is 0 Å². The third kappa shape index (κ3) is 7.51. The summed E-state index contributed by atoms with van der Waals surface area (Å²) >= 11 is 0. The van der Waals surface area contributed by atoms with E-state index in [1.807, 2.05) is 0 Å². The van der Waals surface area contributed by atoms with Gasteiger partial charge in [-0.1, -0.05) is 0 Å². The summed E-state index contributed by atoms with van der Waals surface area (Å²) in [6, 6.07) is 0. The van der Waals surface area contributed by atoms with Gasteiger partial charge in [0, 0.05) is 6.08 Å². The second-order valence-corrected chi connectivity index (χ2v) is 1.98. The normalized spacial score (nSPS) is 10.0. The molecule has 0 saturated carbocycles. The van der Waals surface area contributed by atoms with Crippen molar-refractivity contribution in [3.8, 4) is 0 Å². The number of hydrogen-bond acceptors (Lipinski definition) is 5. The molecule has 0 radical (unpaired) electrons. The zero-order valence-corrected chi connectivity index (χ0v) is 11.7. The van der Waals surface area contributed by atoms with Gasteiger partial charge in [0.2, 0.25) is 0 Å². The maximum Gasteiger partial charge on any atom is 1.00 e. The van der Waals surface area contributed by atoms with E-state index in [4.69, 9.17) is 0 Å². The van der Waals surface area contributed by atoms with Crippen LogP contribution in [-0.4, -0.2) is 25.2 Å². The van der Waals surface area contributed by atoms with Crippen LogP contribution in [0.3, 0.4) is 0 Å². The van der Waals surface area contributed by atoms with E-state index >= 15 is 0 Å². The first-order valence-electron chi connectivity index (χ1n) is 3.84. The van der Waals surface area contributed by atoms with E-state index in [2.05, 4.69) is 9.47 Å². The van der Waals surface area contributed by atoms with Crippen LogP contribution < -0.4 is 56.5 Å². The second kappa shape index (κ2) is 9.66. The van der Waals surface area contributed by atoms with Crippen LogP contribution in [-0.2, 0) is 19.1 Å². The molecule has 0 rings (SSSR count). The van der Waals surface area contributed by atoms with E-state index in [0.29, 0.717) is 6.08 Å². The summed E-state index contributed by atoms with van der Waals surface area (Å²) in [6.07, 6.45) is 0.571. The van der Waals surface area contributed by atoms with Crippen LogP contribution in [0.2, 0.25) is 0 Å². The van der Waals surface area contributed by atoms with Crippen LogP contribution in [0.1, 0.15) is 13.8 Å². The van der Waals surface area contributed by atoms with Gasteiger partial charge in [0.15, 0.2) is 0 Å². The molecule has 0 N–H and O–H groups in total. The minimum absolute atomic E-state index is 0. The van der Waals surface area contributed by atoms with Gasteiger partial charge in [0.25, 0.3) is 0 Å². The molecule has 0 spiro atoms. The summed E-state index contributed by atoms with van der Waals surface area (Å²) in [5.74, 6) is -2.88. The summed E-state index contributed by atoms with van der Waals surface area (Å²) in [7, 11) is 0. The standard InChI is InChI=1S/C8H12O5.K/c1-3-12-7(10)5-6(9)8(11)13-4-2;/h5,9H,3-4H2,1-2H3;/q;+1/p-1/b6-5-;. The van der Waals surface area contributed by atoms with E-state index in [1.165, 1.54) is 0 Å². The first-order valence-corrected chi connectivity index (χ1v) is 3.84. The number of ether oxygens (including phenoxy) is 2. The van der Waals surface area contributed by atoms with Crippen LogP contribution in [0.25, 0.3) is 0 Å². The quantitative estimate of drug-likeness (QED) is 0.214. The Morgan fingerprint density at radius 1 is 1.21 bits per heavy atom. The first kappa shape index (κ1) is 16.5. The Morgan fingerprint density at radius 2 is 1.71 bits per heavy atom.